The lowest BCUT2D eigenvalue weighted by Gasteiger charge is -2.28. The average Bonchev–Trinajstić information content (AvgIpc) is 2.84. The fourth-order valence-corrected chi connectivity index (χ4v) is 6.68. The van der Waals surface area contributed by atoms with E-state index in [1.165, 1.54) is 18.3 Å². The van der Waals surface area contributed by atoms with E-state index >= 15 is 0 Å². The van der Waals surface area contributed by atoms with E-state index in [9.17, 15) is 26.7 Å². The Balaban J connectivity index is 2.15. The Bertz CT molecular complexity index is 1060. The van der Waals surface area contributed by atoms with E-state index in [1.807, 2.05) is 0 Å². The molecule has 0 aliphatic carbocycles. The molecule has 2 aromatic rings. The van der Waals surface area contributed by atoms with Gasteiger partial charge in [-0.25, -0.2) is 16.8 Å². The van der Waals surface area contributed by atoms with Gasteiger partial charge in [0.25, 0.3) is 0 Å². The van der Waals surface area contributed by atoms with Gasteiger partial charge >= 0.3 is 5.97 Å². The number of carboxylic acid groups (broad SMARTS) is 1. The highest BCUT2D eigenvalue weighted by atomic mass is 32.2. The van der Waals surface area contributed by atoms with Gasteiger partial charge in [-0.1, -0.05) is 18.2 Å². The van der Waals surface area contributed by atoms with Crippen molar-refractivity contribution in [2.45, 2.75) is 17.0 Å². The normalized spacial score (nSPS) is 22.7. The minimum Gasteiger partial charge on any atom is -0.480 e. The van der Waals surface area contributed by atoms with E-state index in [0.29, 0.717) is 9.69 Å². The maximum atomic E-state index is 13.1. The van der Waals surface area contributed by atoms with Crippen LogP contribution in [0.5, 0.6) is 0 Å². The van der Waals surface area contributed by atoms with Crippen molar-refractivity contribution in [3.8, 4) is 0 Å². The predicted molar refractivity (Wildman–Crippen MR) is 91.7 cm³/mol. The molecule has 2 atom stereocenters. The number of aliphatic hydroxyl groups excluding tert-OH is 1. The van der Waals surface area contributed by atoms with Gasteiger partial charge in [-0.3, -0.25) is 9.78 Å². The first-order valence-corrected chi connectivity index (χ1v) is 10.8. The van der Waals surface area contributed by atoms with Crippen molar-refractivity contribution >= 4 is 36.7 Å². The van der Waals surface area contributed by atoms with Gasteiger partial charge in [-0.2, -0.15) is 4.31 Å². The van der Waals surface area contributed by atoms with Crippen LogP contribution in [0.2, 0.25) is 0 Å². The molecule has 0 unspecified atom stereocenters. The van der Waals surface area contributed by atoms with Gasteiger partial charge in [0, 0.05) is 11.6 Å². The van der Waals surface area contributed by atoms with Crippen LogP contribution in [0.25, 0.3) is 10.9 Å². The first kappa shape index (κ1) is 18.7. The lowest BCUT2D eigenvalue weighted by atomic mass is 10.2. The summed E-state index contributed by atoms with van der Waals surface area (Å²) in [6.07, 6.45) is -0.102. The molecular formula is C15H16N2O7S2. The van der Waals surface area contributed by atoms with Gasteiger partial charge in [-0.15, -0.1) is 0 Å². The second-order valence-corrected chi connectivity index (χ2v) is 10.00. The summed E-state index contributed by atoms with van der Waals surface area (Å²) in [5.74, 6) is -2.71. The molecule has 2 N–H and O–H groups in total. The number of aliphatic carboxylic acids is 1. The number of sulfonamides is 1. The Hall–Kier alpha value is -2.08. The van der Waals surface area contributed by atoms with Crippen molar-refractivity contribution in [1.82, 2.24) is 9.29 Å². The number of rotatable bonds is 5. The van der Waals surface area contributed by atoms with Crippen LogP contribution in [0.3, 0.4) is 0 Å². The summed E-state index contributed by atoms with van der Waals surface area (Å²) in [6, 6.07) is 6.31. The minimum absolute atomic E-state index is 0.140. The summed E-state index contributed by atoms with van der Waals surface area (Å²) in [5, 5.41) is 19.7. The number of carbonyl (C=O) groups is 1. The molecule has 11 heteroatoms. The van der Waals surface area contributed by atoms with Crippen molar-refractivity contribution in [3.05, 3.63) is 36.5 Å². The Kier molecular flexibility index (Phi) is 4.73. The van der Waals surface area contributed by atoms with E-state index in [2.05, 4.69) is 4.98 Å². The number of fused-ring (bicyclic) bond motifs is 1. The lowest BCUT2D eigenvalue weighted by Crippen LogP contribution is -2.48. The molecule has 0 spiro atoms. The van der Waals surface area contributed by atoms with Crippen LogP contribution < -0.4 is 0 Å². The largest absolute Gasteiger partial charge is 0.480 e. The van der Waals surface area contributed by atoms with E-state index in [1.54, 1.807) is 18.2 Å². The zero-order valence-electron chi connectivity index (χ0n) is 13.4. The quantitative estimate of drug-likeness (QED) is 0.682. The van der Waals surface area contributed by atoms with Crippen LogP contribution in [0, 0.1) is 0 Å². The molecule has 1 aliphatic heterocycles. The maximum Gasteiger partial charge on any atom is 0.318 e. The van der Waals surface area contributed by atoms with Crippen LogP contribution in [0.1, 0.15) is 0 Å². The van der Waals surface area contributed by atoms with E-state index in [0.717, 1.165) is 0 Å². The van der Waals surface area contributed by atoms with Gasteiger partial charge in [0.1, 0.15) is 11.4 Å². The van der Waals surface area contributed by atoms with Crippen molar-refractivity contribution in [1.29, 1.82) is 0 Å². The fraction of sp³-hybridized carbons (Fsp3) is 0.333. The molecular weight excluding hydrogens is 384 g/mol. The summed E-state index contributed by atoms with van der Waals surface area (Å²) in [7, 11) is -8.10. The first-order valence-electron chi connectivity index (χ1n) is 7.58. The van der Waals surface area contributed by atoms with Gasteiger partial charge in [0.15, 0.2) is 9.84 Å². The van der Waals surface area contributed by atoms with Crippen molar-refractivity contribution in [2.24, 2.45) is 0 Å². The van der Waals surface area contributed by atoms with Crippen LogP contribution in [0.15, 0.2) is 41.4 Å². The number of hydrogen-bond acceptors (Lipinski definition) is 7. The van der Waals surface area contributed by atoms with E-state index in [4.69, 9.17) is 5.11 Å². The number of hydrogen-bond donors (Lipinski definition) is 2. The zero-order chi connectivity index (χ0) is 19.1. The molecule has 1 fully saturated rings. The van der Waals surface area contributed by atoms with E-state index in [-0.39, 0.29) is 10.4 Å². The second-order valence-electron chi connectivity index (χ2n) is 5.99. The Morgan fingerprint density at radius 3 is 2.54 bits per heavy atom. The van der Waals surface area contributed by atoms with Gasteiger partial charge in [-0.05, 0) is 12.1 Å². The van der Waals surface area contributed by atoms with E-state index < -0.39 is 56.0 Å². The van der Waals surface area contributed by atoms with Gasteiger partial charge in [0.05, 0.1) is 29.2 Å². The Morgan fingerprint density at radius 2 is 1.92 bits per heavy atom. The molecule has 0 bridgehead atoms. The van der Waals surface area contributed by atoms with Crippen molar-refractivity contribution in [3.63, 3.8) is 0 Å². The number of carboxylic acids is 1. The Morgan fingerprint density at radius 1 is 1.23 bits per heavy atom. The SMILES string of the molecule is O=C(O)CN([C@H]1CS(=O)(=O)C[C@@H]1O)S(=O)(=O)c1cccc2cccnc12. The number of aromatic nitrogens is 1. The number of pyridine rings is 1. The third-order valence-electron chi connectivity index (χ3n) is 4.14. The molecule has 140 valence electrons. The summed E-state index contributed by atoms with van der Waals surface area (Å²) < 4.78 is 50.4. The van der Waals surface area contributed by atoms with Crippen LogP contribution >= 0.6 is 0 Å². The summed E-state index contributed by atoms with van der Waals surface area (Å²) in [5.41, 5.74) is 0.140. The van der Waals surface area contributed by atoms with Gasteiger partial charge in [0.2, 0.25) is 10.0 Å². The number of aliphatic hydroxyl groups is 1. The maximum absolute atomic E-state index is 13.1. The molecule has 2 heterocycles. The van der Waals surface area contributed by atoms with Crippen molar-refractivity contribution in [2.75, 3.05) is 18.1 Å². The molecule has 1 aromatic carbocycles. The third kappa shape index (κ3) is 3.43. The molecule has 26 heavy (non-hydrogen) atoms. The summed E-state index contributed by atoms with van der Waals surface area (Å²) in [4.78, 5) is 15.0. The monoisotopic (exact) mass is 400 g/mol. The topological polar surface area (TPSA) is 142 Å². The molecule has 0 saturated carbocycles. The smallest absolute Gasteiger partial charge is 0.318 e. The molecule has 9 nitrogen and oxygen atoms in total. The molecule has 1 aliphatic rings. The highest BCUT2D eigenvalue weighted by Crippen LogP contribution is 2.28. The standard InChI is InChI=1S/C15H16N2O7S2/c18-12-9-25(21,22)8-11(12)17(7-14(19)20)26(23,24)13-5-1-3-10-4-2-6-16-15(10)13/h1-6,11-12,18H,7-9H2,(H,19,20)/t11-,12-/m0/s1. The lowest BCUT2D eigenvalue weighted by molar-refractivity contribution is -0.137. The highest BCUT2D eigenvalue weighted by molar-refractivity contribution is 7.92. The molecule has 1 aromatic heterocycles. The molecule has 1 saturated heterocycles. The van der Waals surface area contributed by atoms with Crippen LogP contribution in [-0.2, 0) is 24.7 Å². The van der Waals surface area contributed by atoms with Crippen molar-refractivity contribution < 1.29 is 31.8 Å². The average molecular weight is 400 g/mol. The minimum atomic E-state index is -4.42. The molecule has 3 rings (SSSR count). The van der Waals surface area contributed by atoms with Gasteiger partial charge < -0.3 is 10.2 Å². The second kappa shape index (κ2) is 6.58. The number of sulfone groups is 1. The zero-order valence-corrected chi connectivity index (χ0v) is 15.0. The molecule has 0 amide bonds. The van der Waals surface area contributed by atoms with Crippen LogP contribution in [-0.4, -0.2) is 72.5 Å². The van der Waals surface area contributed by atoms with Crippen LogP contribution in [0.4, 0.5) is 0 Å². The Labute approximate surface area is 149 Å². The summed E-state index contributed by atoms with van der Waals surface area (Å²) in [6.45, 7) is -0.969. The highest BCUT2D eigenvalue weighted by Gasteiger charge is 2.45. The predicted octanol–water partition coefficient (Wildman–Crippen LogP) is -0.532. The number of para-hydroxylation sites is 1. The first-order chi connectivity index (χ1) is 12.1. The number of nitrogens with zero attached hydrogens (tertiary/aromatic N) is 2. The fourth-order valence-electron chi connectivity index (χ4n) is 3.01. The molecule has 0 radical (unpaired) electrons. The third-order valence-corrected chi connectivity index (χ3v) is 7.74. The number of benzene rings is 1. The summed E-state index contributed by atoms with van der Waals surface area (Å²) >= 11 is 0.